The summed E-state index contributed by atoms with van der Waals surface area (Å²) in [5, 5.41) is 0. The Morgan fingerprint density at radius 3 is 2.37 bits per heavy atom. The molecule has 1 rings (SSSR count). The van der Waals surface area contributed by atoms with Gasteiger partial charge in [-0.3, -0.25) is 9.69 Å². The number of nitrogens with two attached hydrogens (primary N) is 1. The summed E-state index contributed by atoms with van der Waals surface area (Å²) in [6.45, 7) is 4.80. The van der Waals surface area contributed by atoms with Crippen molar-refractivity contribution in [2.24, 2.45) is 5.73 Å². The molecule has 0 aromatic carbocycles. The van der Waals surface area contributed by atoms with E-state index < -0.39 is 6.03 Å². The molecule has 0 fully saturated rings. The first-order valence-corrected chi connectivity index (χ1v) is 6.42. The zero-order valence-electron chi connectivity index (χ0n) is 12.4. The summed E-state index contributed by atoms with van der Waals surface area (Å²) in [5.74, 6) is -0.0374. The zero-order valence-corrected chi connectivity index (χ0v) is 12.4. The van der Waals surface area contributed by atoms with Crippen LogP contribution in [0.2, 0.25) is 0 Å². The summed E-state index contributed by atoms with van der Waals surface area (Å²) in [5.41, 5.74) is 7.01. The Balaban J connectivity index is 2.88. The van der Waals surface area contributed by atoms with Gasteiger partial charge in [0.15, 0.2) is 0 Å². The van der Waals surface area contributed by atoms with Crippen molar-refractivity contribution in [2.45, 2.75) is 26.4 Å². The molecule has 6 nitrogen and oxygen atoms in total. The SMILES string of the molecule is CC1=C(C(=O)N(C)C(C)N(C)C)CN(C(N)=O)CC1. The van der Waals surface area contributed by atoms with E-state index in [0.717, 1.165) is 5.57 Å². The fourth-order valence-electron chi connectivity index (χ4n) is 2.03. The van der Waals surface area contributed by atoms with Crippen LogP contribution >= 0.6 is 0 Å². The van der Waals surface area contributed by atoms with Gasteiger partial charge >= 0.3 is 6.03 Å². The topological polar surface area (TPSA) is 69.9 Å². The molecule has 1 aliphatic rings. The Labute approximate surface area is 114 Å². The molecule has 0 aliphatic carbocycles. The molecule has 2 N–H and O–H groups in total. The highest BCUT2D eigenvalue weighted by Crippen LogP contribution is 2.20. The van der Waals surface area contributed by atoms with E-state index in [2.05, 4.69) is 0 Å². The summed E-state index contributed by atoms with van der Waals surface area (Å²) in [7, 11) is 5.62. The maximum atomic E-state index is 12.5. The smallest absolute Gasteiger partial charge is 0.315 e. The highest BCUT2D eigenvalue weighted by Gasteiger charge is 2.27. The van der Waals surface area contributed by atoms with E-state index in [4.69, 9.17) is 5.73 Å². The highest BCUT2D eigenvalue weighted by molar-refractivity contribution is 5.95. The second-order valence-electron chi connectivity index (χ2n) is 5.28. The Morgan fingerprint density at radius 2 is 1.89 bits per heavy atom. The molecule has 108 valence electrons. The molecular formula is C13H24N4O2. The van der Waals surface area contributed by atoms with Gasteiger partial charge in [-0.05, 0) is 34.4 Å². The number of rotatable bonds is 3. The quantitative estimate of drug-likeness (QED) is 0.756. The average molecular weight is 268 g/mol. The minimum Gasteiger partial charge on any atom is -0.351 e. The third kappa shape index (κ3) is 3.47. The first-order valence-electron chi connectivity index (χ1n) is 6.42. The van der Waals surface area contributed by atoms with Gasteiger partial charge in [0.1, 0.15) is 0 Å². The van der Waals surface area contributed by atoms with Crippen molar-refractivity contribution >= 4 is 11.9 Å². The average Bonchev–Trinajstić information content (AvgIpc) is 2.36. The minimum atomic E-state index is -0.471. The third-order valence-electron chi connectivity index (χ3n) is 3.82. The maximum Gasteiger partial charge on any atom is 0.315 e. The molecule has 6 heteroatoms. The summed E-state index contributed by atoms with van der Waals surface area (Å²) < 4.78 is 0. The number of hydrogen-bond donors (Lipinski definition) is 1. The van der Waals surface area contributed by atoms with Crippen molar-refractivity contribution in [2.75, 3.05) is 34.2 Å². The molecule has 0 radical (unpaired) electrons. The largest absolute Gasteiger partial charge is 0.351 e. The van der Waals surface area contributed by atoms with Gasteiger partial charge in [-0.15, -0.1) is 0 Å². The van der Waals surface area contributed by atoms with Crippen LogP contribution in [0.5, 0.6) is 0 Å². The Morgan fingerprint density at radius 1 is 1.32 bits per heavy atom. The van der Waals surface area contributed by atoms with Crippen LogP contribution in [0, 0.1) is 0 Å². The molecule has 19 heavy (non-hydrogen) atoms. The predicted molar refractivity (Wildman–Crippen MR) is 74.4 cm³/mol. The maximum absolute atomic E-state index is 12.5. The number of likely N-dealkylation sites (N-methyl/N-ethyl adjacent to an activating group) is 1. The van der Waals surface area contributed by atoms with E-state index >= 15 is 0 Å². The number of primary amides is 1. The lowest BCUT2D eigenvalue weighted by molar-refractivity contribution is -0.130. The van der Waals surface area contributed by atoms with Crippen molar-refractivity contribution in [3.63, 3.8) is 0 Å². The van der Waals surface area contributed by atoms with Crippen LogP contribution in [0.15, 0.2) is 11.1 Å². The molecule has 3 amide bonds. The molecule has 1 aliphatic heterocycles. The van der Waals surface area contributed by atoms with E-state index in [-0.39, 0.29) is 12.1 Å². The minimum absolute atomic E-state index is 0.00301. The van der Waals surface area contributed by atoms with Crippen molar-refractivity contribution in [1.82, 2.24) is 14.7 Å². The van der Waals surface area contributed by atoms with E-state index in [1.54, 1.807) is 11.9 Å². The second kappa shape index (κ2) is 6.06. The second-order valence-corrected chi connectivity index (χ2v) is 5.28. The van der Waals surface area contributed by atoms with Crippen LogP contribution in [-0.2, 0) is 4.79 Å². The summed E-state index contributed by atoms with van der Waals surface area (Å²) in [6.07, 6.45) is 0.700. The monoisotopic (exact) mass is 268 g/mol. The van der Waals surface area contributed by atoms with Crippen molar-refractivity contribution in [3.05, 3.63) is 11.1 Å². The summed E-state index contributed by atoms with van der Waals surface area (Å²) >= 11 is 0. The number of hydrogen-bond acceptors (Lipinski definition) is 3. The van der Waals surface area contributed by atoms with E-state index in [1.807, 2.05) is 32.8 Å². The Hall–Kier alpha value is -1.56. The van der Waals surface area contributed by atoms with Gasteiger partial charge in [-0.1, -0.05) is 5.57 Å². The fraction of sp³-hybridized carbons (Fsp3) is 0.692. The highest BCUT2D eigenvalue weighted by atomic mass is 16.2. The molecule has 0 spiro atoms. The normalized spacial score (nSPS) is 17.7. The molecule has 0 saturated carbocycles. The number of urea groups is 1. The lowest BCUT2D eigenvalue weighted by atomic mass is 10.0. The number of nitrogens with zero attached hydrogens (tertiary/aromatic N) is 3. The van der Waals surface area contributed by atoms with Crippen LogP contribution in [0.25, 0.3) is 0 Å². The predicted octanol–water partition coefficient (Wildman–Crippen LogP) is 0.453. The van der Waals surface area contributed by atoms with Crippen LogP contribution in [0.3, 0.4) is 0 Å². The third-order valence-corrected chi connectivity index (χ3v) is 3.82. The van der Waals surface area contributed by atoms with Crippen LogP contribution in [0.1, 0.15) is 20.3 Å². The van der Waals surface area contributed by atoms with Gasteiger partial charge in [0.05, 0.1) is 12.7 Å². The van der Waals surface area contributed by atoms with Crippen LogP contribution in [-0.4, -0.2) is 67.0 Å². The first-order chi connectivity index (χ1) is 8.75. The summed E-state index contributed by atoms with van der Waals surface area (Å²) in [4.78, 5) is 28.9. The lowest BCUT2D eigenvalue weighted by Crippen LogP contribution is -2.48. The van der Waals surface area contributed by atoms with Crippen molar-refractivity contribution in [1.29, 1.82) is 0 Å². The van der Waals surface area contributed by atoms with E-state index in [1.165, 1.54) is 4.90 Å². The molecule has 1 heterocycles. The van der Waals surface area contributed by atoms with Crippen molar-refractivity contribution < 1.29 is 9.59 Å². The van der Waals surface area contributed by atoms with Gasteiger partial charge in [0.25, 0.3) is 5.91 Å². The molecule has 0 aromatic heterocycles. The number of carbonyl (C=O) groups excluding carboxylic acids is 2. The van der Waals surface area contributed by atoms with Gasteiger partial charge in [0, 0.05) is 19.2 Å². The fourth-order valence-corrected chi connectivity index (χ4v) is 2.03. The van der Waals surface area contributed by atoms with Gasteiger partial charge in [0.2, 0.25) is 0 Å². The van der Waals surface area contributed by atoms with Crippen LogP contribution < -0.4 is 5.73 Å². The Bertz CT molecular complexity index is 403. The standard InChI is InChI=1S/C13H24N4O2/c1-9-6-7-17(13(14)19)8-11(9)12(18)16(5)10(2)15(3)4/h10H,6-8H2,1-5H3,(H2,14,19). The zero-order chi connectivity index (χ0) is 14.7. The molecule has 1 atom stereocenters. The first kappa shape index (κ1) is 15.5. The van der Waals surface area contributed by atoms with E-state index in [0.29, 0.717) is 25.1 Å². The molecule has 1 unspecified atom stereocenters. The molecule has 0 bridgehead atoms. The Kier molecular flexibility index (Phi) is 4.94. The van der Waals surface area contributed by atoms with Gasteiger partial charge in [-0.2, -0.15) is 0 Å². The number of carbonyl (C=O) groups is 2. The number of amides is 3. The lowest BCUT2D eigenvalue weighted by Gasteiger charge is -2.34. The van der Waals surface area contributed by atoms with Gasteiger partial charge < -0.3 is 15.5 Å². The van der Waals surface area contributed by atoms with Gasteiger partial charge in [-0.25, -0.2) is 4.79 Å². The summed E-state index contributed by atoms with van der Waals surface area (Å²) in [6, 6.07) is -0.471. The molecule has 0 saturated heterocycles. The van der Waals surface area contributed by atoms with E-state index in [9.17, 15) is 9.59 Å². The molecular weight excluding hydrogens is 244 g/mol. The van der Waals surface area contributed by atoms with Crippen molar-refractivity contribution in [3.8, 4) is 0 Å². The molecule has 0 aromatic rings. The van der Waals surface area contributed by atoms with Crippen LogP contribution in [0.4, 0.5) is 4.79 Å².